The van der Waals surface area contributed by atoms with E-state index < -0.39 is 29.4 Å². The summed E-state index contributed by atoms with van der Waals surface area (Å²) in [7, 11) is 1.48. The number of anilines is 2. The predicted octanol–water partition coefficient (Wildman–Crippen LogP) is 6.09. The van der Waals surface area contributed by atoms with Crippen LogP contribution in [0, 0.1) is 12.7 Å². The van der Waals surface area contributed by atoms with E-state index in [1.807, 2.05) is 6.07 Å². The summed E-state index contributed by atoms with van der Waals surface area (Å²) in [6, 6.07) is 9.44. The molecule has 3 aromatic rings. The Labute approximate surface area is 234 Å². The monoisotopic (exact) mass is 580 g/mol. The fourth-order valence-corrected chi connectivity index (χ4v) is 4.36. The van der Waals surface area contributed by atoms with Gasteiger partial charge in [-0.25, -0.2) is 13.9 Å². The molecule has 2 aromatic carbocycles. The zero-order valence-corrected chi connectivity index (χ0v) is 23.1. The number of rotatable bonds is 10. The van der Waals surface area contributed by atoms with Crippen molar-refractivity contribution in [1.82, 2.24) is 9.78 Å². The molecule has 9 nitrogen and oxygen atoms in total. The van der Waals surface area contributed by atoms with Crippen LogP contribution < -0.4 is 15.4 Å². The van der Waals surface area contributed by atoms with Crippen molar-refractivity contribution in [2.45, 2.75) is 51.7 Å². The number of carbonyl (C=O) groups is 1. The van der Waals surface area contributed by atoms with E-state index >= 15 is 0 Å². The van der Waals surface area contributed by atoms with Gasteiger partial charge < -0.3 is 24.3 Å². The molecule has 2 heterocycles. The number of hydrogen-bond donors (Lipinski definition) is 2. The molecule has 4 rings (SSSR count). The summed E-state index contributed by atoms with van der Waals surface area (Å²) in [6.07, 6.45) is -4.68. The van der Waals surface area contributed by atoms with Crippen LogP contribution in [0.25, 0.3) is 5.69 Å². The Bertz CT molecular complexity index is 1360. The fraction of sp³-hybridized carbons (Fsp3) is 0.429. The highest BCUT2D eigenvalue weighted by atomic mass is 19.4. The third-order valence-corrected chi connectivity index (χ3v) is 6.33. The van der Waals surface area contributed by atoms with E-state index in [9.17, 15) is 22.4 Å². The van der Waals surface area contributed by atoms with Crippen LogP contribution in [0.3, 0.4) is 0 Å². The number of amides is 2. The van der Waals surface area contributed by atoms with E-state index in [-0.39, 0.29) is 42.1 Å². The summed E-state index contributed by atoms with van der Waals surface area (Å²) in [5, 5.41) is 9.63. The van der Waals surface area contributed by atoms with Gasteiger partial charge in [-0.3, -0.25) is 5.32 Å². The lowest BCUT2D eigenvalue weighted by Crippen LogP contribution is -2.25. The third-order valence-electron chi connectivity index (χ3n) is 6.33. The number of nitrogens with one attached hydrogen (secondary N) is 2. The van der Waals surface area contributed by atoms with Gasteiger partial charge in [0.05, 0.1) is 23.4 Å². The molecule has 0 spiro atoms. The molecule has 1 saturated heterocycles. The zero-order chi connectivity index (χ0) is 29.8. The smallest absolute Gasteiger partial charge is 0.419 e. The fourth-order valence-electron chi connectivity index (χ4n) is 4.36. The zero-order valence-electron chi connectivity index (χ0n) is 23.1. The third kappa shape index (κ3) is 7.54. The first kappa shape index (κ1) is 30.3. The first-order chi connectivity index (χ1) is 19.4. The Balaban J connectivity index is 1.60. The van der Waals surface area contributed by atoms with Crippen molar-refractivity contribution in [3.8, 4) is 11.6 Å². The molecule has 1 unspecified atom stereocenters. The highest BCUT2D eigenvalue weighted by Gasteiger charge is 2.36. The molecule has 0 aliphatic carbocycles. The second-order valence-corrected chi connectivity index (χ2v) is 9.95. The van der Waals surface area contributed by atoms with Gasteiger partial charge in [-0.1, -0.05) is 18.2 Å². The molecule has 1 fully saturated rings. The minimum atomic E-state index is -4.94. The summed E-state index contributed by atoms with van der Waals surface area (Å²) in [4.78, 5) is 13.2. The lowest BCUT2D eigenvalue weighted by Gasteiger charge is -2.17. The van der Waals surface area contributed by atoms with Crippen molar-refractivity contribution in [2.24, 2.45) is 0 Å². The lowest BCUT2D eigenvalue weighted by atomic mass is 10.0. The molecule has 2 N–H and O–H groups in total. The molecular weight excluding hydrogens is 548 g/mol. The van der Waals surface area contributed by atoms with Crippen molar-refractivity contribution < 1.29 is 41.3 Å². The minimum Gasteiger partial charge on any atom is -0.473 e. The number of carbonyl (C=O) groups excluding carboxylic acids is 1. The molecule has 0 radical (unpaired) electrons. The Kier molecular flexibility index (Phi) is 9.20. The number of aryl methyl sites for hydroxylation is 1. The average Bonchev–Trinajstić information content (AvgIpc) is 3.42. The molecule has 1 aromatic heterocycles. The number of urea groups is 1. The van der Waals surface area contributed by atoms with Crippen LogP contribution in [-0.2, 0) is 26.8 Å². The van der Waals surface area contributed by atoms with Gasteiger partial charge >= 0.3 is 12.2 Å². The van der Waals surface area contributed by atoms with Crippen LogP contribution >= 0.6 is 0 Å². The van der Waals surface area contributed by atoms with Gasteiger partial charge in [-0.05, 0) is 63.4 Å². The molecule has 0 saturated carbocycles. The summed E-state index contributed by atoms with van der Waals surface area (Å²) in [5.41, 5.74) is -0.387. The van der Waals surface area contributed by atoms with Crippen LogP contribution in [0.1, 0.15) is 37.0 Å². The summed E-state index contributed by atoms with van der Waals surface area (Å²) < 4.78 is 78.3. The Morgan fingerprint density at radius 1 is 1.20 bits per heavy atom. The SMILES string of the molecule is COCCCc1cc(F)c(C(F)(F)F)cc1NC(=O)Nc1c(C)c(OCC2COC(C)(C)O2)nn1-c1ccccc1. The van der Waals surface area contributed by atoms with Gasteiger partial charge in [0.25, 0.3) is 0 Å². The summed E-state index contributed by atoms with van der Waals surface area (Å²) >= 11 is 0. The number of nitrogens with zero attached hydrogens (tertiary/aromatic N) is 2. The van der Waals surface area contributed by atoms with E-state index in [4.69, 9.17) is 18.9 Å². The van der Waals surface area contributed by atoms with Crippen molar-refractivity contribution in [3.05, 3.63) is 65.0 Å². The average molecular weight is 581 g/mol. The van der Waals surface area contributed by atoms with E-state index in [1.165, 1.54) is 11.8 Å². The highest BCUT2D eigenvalue weighted by Crippen LogP contribution is 2.35. The van der Waals surface area contributed by atoms with Crippen LogP contribution in [0.5, 0.6) is 5.88 Å². The molecule has 41 heavy (non-hydrogen) atoms. The van der Waals surface area contributed by atoms with Crippen molar-refractivity contribution >= 4 is 17.5 Å². The normalized spacial score (nSPS) is 16.5. The number of aromatic nitrogens is 2. The molecular formula is C28H32F4N4O5. The predicted molar refractivity (Wildman–Crippen MR) is 143 cm³/mol. The van der Waals surface area contributed by atoms with Crippen LogP contribution in [0.4, 0.5) is 33.9 Å². The standard InChI is InChI=1S/C28H32F4N4O5/c1-17-24(34-26(37)33-23-14-21(28(30,31)32)22(29)13-18(23)9-8-12-38-4)36(19-10-6-5-7-11-19)35-25(17)39-15-20-16-40-27(2,3)41-20/h5-7,10-11,13-14,20H,8-9,12,15-16H2,1-4H3,(H2,33,34,37). The van der Waals surface area contributed by atoms with Crippen molar-refractivity contribution in [3.63, 3.8) is 0 Å². The van der Waals surface area contributed by atoms with Gasteiger partial charge in [0.15, 0.2) is 5.79 Å². The summed E-state index contributed by atoms with van der Waals surface area (Å²) in [6.45, 7) is 6.06. The Hall–Kier alpha value is -3.68. The second-order valence-electron chi connectivity index (χ2n) is 9.95. The largest absolute Gasteiger partial charge is 0.473 e. The number of ether oxygens (including phenoxy) is 4. The van der Waals surface area contributed by atoms with Crippen LogP contribution in [0.2, 0.25) is 0 Å². The quantitative estimate of drug-likeness (QED) is 0.223. The molecule has 1 atom stereocenters. The van der Waals surface area contributed by atoms with Crippen LogP contribution in [-0.4, -0.2) is 54.6 Å². The Morgan fingerprint density at radius 2 is 1.93 bits per heavy atom. The van der Waals surface area contributed by atoms with Crippen LogP contribution in [0.15, 0.2) is 42.5 Å². The minimum absolute atomic E-state index is 0.141. The molecule has 2 amide bonds. The lowest BCUT2D eigenvalue weighted by molar-refractivity contribution is -0.141. The van der Waals surface area contributed by atoms with Crippen molar-refractivity contribution in [1.29, 1.82) is 0 Å². The molecule has 0 bridgehead atoms. The number of halogens is 4. The molecule has 222 valence electrons. The van der Waals surface area contributed by atoms with Gasteiger partial charge in [-0.2, -0.15) is 13.2 Å². The number of methoxy groups -OCH3 is 1. The number of para-hydroxylation sites is 1. The maximum Gasteiger partial charge on any atom is 0.419 e. The number of benzene rings is 2. The van der Waals surface area contributed by atoms with E-state index in [0.29, 0.717) is 37.0 Å². The first-order valence-corrected chi connectivity index (χ1v) is 12.9. The number of hydrogen-bond acceptors (Lipinski definition) is 6. The van der Waals surface area contributed by atoms with Gasteiger partial charge in [-0.15, -0.1) is 5.10 Å². The first-order valence-electron chi connectivity index (χ1n) is 12.9. The van der Waals surface area contributed by atoms with Gasteiger partial charge in [0.2, 0.25) is 5.88 Å². The summed E-state index contributed by atoms with van der Waals surface area (Å²) in [5.74, 6) is -1.70. The number of alkyl halides is 3. The topological polar surface area (TPSA) is 95.9 Å². The van der Waals surface area contributed by atoms with Gasteiger partial charge in [0.1, 0.15) is 24.3 Å². The molecule has 1 aliphatic heterocycles. The Morgan fingerprint density at radius 3 is 2.56 bits per heavy atom. The van der Waals surface area contributed by atoms with Gasteiger partial charge in [0, 0.05) is 19.4 Å². The maximum atomic E-state index is 14.3. The molecule has 13 heteroatoms. The van der Waals surface area contributed by atoms with E-state index in [0.717, 1.165) is 6.07 Å². The second kappa shape index (κ2) is 12.5. The molecule has 1 aliphatic rings. The van der Waals surface area contributed by atoms with E-state index in [1.54, 1.807) is 45.0 Å². The van der Waals surface area contributed by atoms with Crippen molar-refractivity contribution in [2.75, 3.05) is 37.6 Å². The van der Waals surface area contributed by atoms with E-state index in [2.05, 4.69) is 15.7 Å². The highest BCUT2D eigenvalue weighted by molar-refractivity contribution is 6.00. The maximum absolute atomic E-state index is 14.3.